The van der Waals surface area contributed by atoms with Crippen molar-refractivity contribution < 1.29 is 23.1 Å². The Hall–Kier alpha value is -3.56. The first-order valence-electron chi connectivity index (χ1n) is 11.4. The number of anilines is 1. The molecule has 1 aliphatic heterocycles. The number of nitrogens with one attached hydrogen (secondary N) is 3. The van der Waals surface area contributed by atoms with E-state index < -0.39 is 26.7 Å². The number of carbonyl (C=O) groups excluding carboxylic acids is 1. The van der Waals surface area contributed by atoms with Gasteiger partial charge in [0, 0.05) is 11.5 Å². The van der Waals surface area contributed by atoms with Gasteiger partial charge in [-0.05, 0) is 55.8 Å². The number of benzene rings is 3. The van der Waals surface area contributed by atoms with Crippen LogP contribution in [0.15, 0.2) is 78.9 Å². The molecule has 1 fully saturated rings. The summed E-state index contributed by atoms with van der Waals surface area (Å²) < 4.78 is 35.8. The molecule has 0 saturated carbocycles. The molecule has 8 nitrogen and oxygen atoms in total. The van der Waals surface area contributed by atoms with Crippen molar-refractivity contribution in [1.29, 1.82) is 0 Å². The largest absolute Gasteiger partial charge is 0.508 e. The number of phenolic OH excluding ortho intramolecular Hbond substituents is 1. The molecule has 0 aliphatic carbocycles. The molecule has 1 atom stereocenters. The van der Waals surface area contributed by atoms with E-state index >= 15 is 0 Å². The normalized spacial score (nSPS) is 16.1. The molecular formula is C26H29N3O5S. The highest BCUT2D eigenvalue weighted by atomic mass is 32.2. The number of sulfonamides is 1. The molecule has 3 aromatic rings. The van der Waals surface area contributed by atoms with Gasteiger partial charge in [-0.25, -0.2) is 8.42 Å². The van der Waals surface area contributed by atoms with Crippen LogP contribution in [0.2, 0.25) is 0 Å². The molecule has 3 aromatic carbocycles. The fraction of sp³-hybridized carbons (Fsp3) is 0.269. The van der Waals surface area contributed by atoms with E-state index in [1.807, 2.05) is 30.3 Å². The van der Waals surface area contributed by atoms with Gasteiger partial charge in [0.1, 0.15) is 11.5 Å². The Morgan fingerprint density at radius 1 is 1.00 bits per heavy atom. The summed E-state index contributed by atoms with van der Waals surface area (Å²) >= 11 is 0. The number of methoxy groups -OCH3 is 1. The number of carbonyl (C=O) groups is 1. The molecule has 1 aliphatic rings. The summed E-state index contributed by atoms with van der Waals surface area (Å²) in [6, 6.07) is 22.0. The first-order chi connectivity index (χ1) is 16.9. The van der Waals surface area contributed by atoms with Crippen LogP contribution in [-0.2, 0) is 15.4 Å². The zero-order valence-electron chi connectivity index (χ0n) is 19.4. The van der Waals surface area contributed by atoms with Gasteiger partial charge in [-0.3, -0.25) is 9.52 Å². The second-order valence-electron chi connectivity index (χ2n) is 8.52. The van der Waals surface area contributed by atoms with E-state index in [4.69, 9.17) is 4.74 Å². The smallest absolute Gasteiger partial charge is 0.256 e. The van der Waals surface area contributed by atoms with Crippen LogP contribution in [0.25, 0.3) is 0 Å². The highest BCUT2D eigenvalue weighted by Gasteiger charge is 2.49. The number of aromatic hydroxyl groups is 1. The minimum atomic E-state index is -4.18. The van der Waals surface area contributed by atoms with Gasteiger partial charge in [-0.2, -0.15) is 0 Å². The van der Waals surface area contributed by atoms with Gasteiger partial charge in [-0.1, -0.05) is 48.5 Å². The lowest BCUT2D eigenvalue weighted by atomic mass is 9.72. The van der Waals surface area contributed by atoms with Crippen LogP contribution in [0.1, 0.15) is 28.8 Å². The summed E-state index contributed by atoms with van der Waals surface area (Å²) in [4.78, 5) is 13.5. The highest BCUT2D eigenvalue weighted by molar-refractivity contribution is 7.93. The molecule has 1 amide bonds. The number of rotatable bonds is 8. The molecule has 9 heteroatoms. The van der Waals surface area contributed by atoms with Crippen molar-refractivity contribution in [1.82, 2.24) is 10.6 Å². The maximum Gasteiger partial charge on any atom is 0.256 e. The SMILES string of the molecule is COc1ccccc1C(=O)NC(C1(c2ccccc2)CCNCC1)S(=O)(=O)Nc1cccc(O)c1. The predicted molar refractivity (Wildman–Crippen MR) is 135 cm³/mol. The molecule has 0 bridgehead atoms. The maximum atomic E-state index is 14.0. The molecule has 0 spiro atoms. The van der Waals surface area contributed by atoms with Gasteiger partial charge in [0.05, 0.1) is 18.4 Å². The van der Waals surface area contributed by atoms with Gasteiger partial charge in [0.2, 0.25) is 0 Å². The van der Waals surface area contributed by atoms with Crippen LogP contribution >= 0.6 is 0 Å². The first-order valence-corrected chi connectivity index (χ1v) is 12.9. The number of phenols is 1. The van der Waals surface area contributed by atoms with Gasteiger partial charge in [0.15, 0.2) is 5.37 Å². The maximum absolute atomic E-state index is 14.0. The van der Waals surface area contributed by atoms with E-state index in [-0.39, 0.29) is 17.0 Å². The molecule has 1 saturated heterocycles. The topological polar surface area (TPSA) is 117 Å². The summed E-state index contributed by atoms with van der Waals surface area (Å²) in [5, 5.41) is 14.7. The minimum Gasteiger partial charge on any atom is -0.508 e. The highest BCUT2D eigenvalue weighted by Crippen LogP contribution is 2.40. The Kier molecular flexibility index (Phi) is 7.28. The lowest BCUT2D eigenvalue weighted by Crippen LogP contribution is -2.59. The number of amides is 1. The molecule has 4 N–H and O–H groups in total. The molecule has 1 unspecified atom stereocenters. The van der Waals surface area contributed by atoms with Gasteiger partial charge in [0.25, 0.3) is 15.9 Å². The standard InChI is InChI=1S/C26H29N3O5S/c1-34-23-13-6-5-12-22(23)24(31)28-25(35(32,33)29-20-10-7-11-21(30)18-20)26(14-16-27-17-15-26)19-8-3-2-4-9-19/h2-13,18,25,27,29-30H,14-17H2,1H3,(H,28,31). The summed E-state index contributed by atoms with van der Waals surface area (Å²) in [5.41, 5.74) is 0.379. The monoisotopic (exact) mass is 495 g/mol. The molecule has 4 rings (SSSR count). The van der Waals surface area contributed by atoms with E-state index in [1.54, 1.807) is 36.4 Å². The van der Waals surface area contributed by atoms with E-state index in [1.165, 1.54) is 19.2 Å². The third-order valence-electron chi connectivity index (χ3n) is 6.38. The Bertz CT molecular complexity index is 1270. The third kappa shape index (κ3) is 5.26. The lowest BCUT2D eigenvalue weighted by molar-refractivity contribution is 0.0922. The van der Waals surface area contributed by atoms with Crippen LogP contribution in [-0.4, -0.2) is 45.0 Å². The van der Waals surface area contributed by atoms with Crippen molar-refractivity contribution in [3.63, 3.8) is 0 Å². The lowest BCUT2D eigenvalue weighted by Gasteiger charge is -2.44. The van der Waals surface area contributed by atoms with Crippen molar-refractivity contribution in [2.45, 2.75) is 23.6 Å². The van der Waals surface area contributed by atoms with Crippen LogP contribution < -0.4 is 20.1 Å². The number of para-hydroxylation sites is 1. The molecule has 0 aromatic heterocycles. The van der Waals surface area contributed by atoms with Crippen molar-refractivity contribution in [2.75, 3.05) is 24.9 Å². The second kappa shape index (κ2) is 10.4. The summed E-state index contributed by atoms with van der Waals surface area (Å²) in [5.74, 6) is -0.275. The Morgan fingerprint density at radius 3 is 2.37 bits per heavy atom. The molecule has 1 heterocycles. The minimum absolute atomic E-state index is 0.0700. The Morgan fingerprint density at radius 2 is 1.69 bits per heavy atom. The summed E-state index contributed by atoms with van der Waals surface area (Å²) in [6.07, 6.45) is 0.990. The Balaban J connectivity index is 1.81. The van der Waals surface area contributed by atoms with E-state index in [9.17, 15) is 18.3 Å². The van der Waals surface area contributed by atoms with Crippen LogP contribution in [0.4, 0.5) is 5.69 Å². The second-order valence-corrected chi connectivity index (χ2v) is 10.3. The van der Waals surface area contributed by atoms with Gasteiger partial charge < -0.3 is 20.5 Å². The van der Waals surface area contributed by atoms with Crippen molar-refractivity contribution >= 4 is 21.6 Å². The van der Waals surface area contributed by atoms with Crippen molar-refractivity contribution in [2.24, 2.45) is 0 Å². The molecular weight excluding hydrogens is 466 g/mol. The number of hydrogen-bond donors (Lipinski definition) is 4. The number of hydrogen-bond acceptors (Lipinski definition) is 6. The zero-order valence-corrected chi connectivity index (χ0v) is 20.2. The quantitative estimate of drug-likeness (QED) is 0.381. The predicted octanol–water partition coefficient (Wildman–Crippen LogP) is 3.22. The van der Waals surface area contributed by atoms with Gasteiger partial charge in [-0.15, -0.1) is 0 Å². The van der Waals surface area contributed by atoms with Crippen LogP contribution in [0, 0.1) is 0 Å². The summed E-state index contributed by atoms with van der Waals surface area (Å²) in [7, 11) is -2.72. The zero-order chi connectivity index (χ0) is 24.9. The molecule has 35 heavy (non-hydrogen) atoms. The number of piperidine rings is 1. The van der Waals surface area contributed by atoms with Crippen molar-refractivity contribution in [3.05, 3.63) is 90.0 Å². The average Bonchev–Trinajstić information content (AvgIpc) is 2.87. The summed E-state index contributed by atoms with van der Waals surface area (Å²) in [6.45, 7) is 1.19. The van der Waals surface area contributed by atoms with Crippen LogP contribution in [0.3, 0.4) is 0 Å². The Labute approximate surface area is 205 Å². The number of ether oxygens (including phenoxy) is 1. The fourth-order valence-corrected chi connectivity index (χ4v) is 6.48. The van der Waals surface area contributed by atoms with Crippen molar-refractivity contribution in [3.8, 4) is 11.5 Å². The third-order valence-corrected chi connectivity index (χ3v) is 8.09. The van der Waals surface area contributed by atoms with Gasteiger partial charge >= 0.3 is 0 Å². The fourth-order valence-electron chi connectivity index (χ4n) is 4.68. The molecule has 184 valence electrons. The first kappa shape index (κ1) is 24.6. The van der Waals surface area contributed by atoms with E-state index in [0.717, 1.165) is 5.56 Å². The van der Waals surface area contributed by atoms with E-state index in [0.29, 0.717) is 31.7 Å². The van der Waals surface area contributed by atoms with E-state index in [2.05, 4.69) is 15.4 Å². The average molecular weight is 496 g/mol. The van der Waals surface area contributed by atoms with Crippen LogP contribution in [0.5, 0.6) is 11.5 Å². The molecule has 0 radical (unpaired) electrons.